The van der Waals surface area contributed by atoms with E-state index < -0.39 is 12.0 Å². The summed E-state index contributed by atoms with van der Waals surface area (Å²) in [6.45, 7) is 0.964. The molecule has 2 atom stereocenters. The molecule has 0 aliphatic carbocycles. The van der Waals surface area contributed by atoms with E-state index in [0.717, 1.165) is 36.1 Å². The van der Waals surface area contributed by atoms with Crippen LogP contribution in [0.25, 0.3) is 0 Å². The van der Waals surface area contributed by atoms with E-state index in [0.29, 0.717) is 0 Å². The minimum absolute atomic E-state index is 0. The van der Waals surface area contributed by atoms with Crippen LogP contribution in [0.5, 0.6) is 0 Å². The Hall–Kier alpha value is -3.15. The third-order valence-electron chi connectivity index (χ3n) is 5.80. The van der Waals surface area contributed by atoms with E-state index in [1.165, 1.54) is 0 Å². The van der Waals surface area contributed by atoms with Crippen LogP contribution in [0.3, 0.4) is 0 Å². The number of ether oxygens (including phenoxy) is 1. The van der Waals surface area contributed by atoms with E-state index >= 15 is 0 Å². The lowest BCUT2D eigenvalue weighted by Crippen LogP contribution is -2.51. The van der Waals surface area contributed by atoms with Crippen molar-refractivity contribution in [2.45, 2.75) is 37.5 Å². The van der Waals surface area contributed by atoms with E-state index in [1.54, 1.807) is 0 Å². The smallest absolute Gasteiger partial charge is 0.329 e. The maximum atomic E-state index is 13.4. The highest BCUT2D eigenvalue weighted by Crippen LogP contribution is 2.29. The Balaban J connectivity index is 0.00000306. The molecule has 0 aromatic heterocycles. The molecule has 1 saturated heterocycles. The maximum Gasteiger partial charge on any atom is 0.329 e. The van der Waals surface area contributed by atoms with E-state index in [2.05, 4.69) is 10.6 Å². The Labute approximate surface area is 201 Å². The molecule has 0 bridgehead atoms. The van der Waals surface area contributed by atoms with Gasteiger partial charge >= 0.3 is 5.97 Å². The zero-order chi connectivity index (χ0) is 22.2. The van der Waals surface area contributed by atoms with Crippen molar-refractivity contribution in [1.82, 2.24) is 10.6 Å². The molecule has 4 rings (SSSR count). The summed E-state index contributed by atoms with van der Waals surface area (Å²) in [6.07, 6.45) is 1.71. The Kier molecular flexibility index (Phi) is 9.04. The van der Waals surface area contributed by atoms with Gasteiger partial charge < -0.3 is 15.4 Å². The van der Waals surface area contributed by atoms with E-state index in [1.807, 2.05) is 91.0 Å². The molecule has 33 heavy (non-hydrogen) atoms. The molecule has 172 valence electrons. The molecule has 1 aliphatic heterocycles. The SMILES string of the molecule is Cl.O=C(N[C@H](C(=O)OCc1ccccc1)C(c1ccccc1)c1ccccc1)[C@@H]1CCCN1. The second-order valence-electron chi connectivity index (χ2n) is 8.03. The van der Waals surface area contributed by atoms with E-state index in [4.69, 9.17) is 4.74 Å². The number of nitrogens with one attached hydrogen (secondary N) is 2. The van der Waals surface area contributed by atoms with Gasteiger partial charge in [0.15, 0.2) is 0 Å². The summed E-state index contributed by atoms with van der Waals surface area (Å²) in [6, 6.07) is 28.0. The summed E-state index contributed by atoms with van der Waals surface area (Å²) in [4.78, 5) is 26.4. The molecule has 0 radical (unpaired) electrons. The summed E-state index contributed by atoms with van der Waals surface area (Å²) < 4.78 is 5.70. The number of carbonyl (C=O) groups is 2. The van der Waals surface area contributed by atoms with E-state index in [-0.39, 0.29) is 36.9 Å². The Bertz CT molecular complexity index is 970. The number of hydrogen-bond donors (Lipinski definition) is 2. The molecule has 1 aliphatic rings. The first kappa shape index (κ1) is 24.5. The first-order chi connectivity index (χ1) is 15.7. The number of esters is 1. The summed E-state index contributed by atoms with van der Waals surface area (Å²) in [5.74, 6) is -0.982. The number of amides is 1. The van der Waals surface area contributed by atoms with Crippen LogP contribution in [0, 0.1) is 0 Å². The molecular formula is C27H29ClN2O3. The van der Waals surface area contributed by atoms with Crippen molar-refractivity contribution in [3.05, 3.63) is 108 Å². The Morgan fingerprint density at radius 1 is 0.879 bits per heavy atom. The summed E-state index contributed by atoms with van der Waals surface area (Å²) in [5, 5.41) is 6.23. The summed E-state index contributed by atoms with van der Waals surface area (Å²) in [5.41, 5.74) is 2.79. The van der Waals surface area contributed by atoms with Crippen molar-refractivity contribution in [1.29, 1.82) is 0 Å². The van der Waals surface area contributed by atoms with Crippen molar-refractivity contribution in [3.8, 4) is 0 Å². The third-order valence-corrected chi connectivity index (χ3v) is 5.80. The molecule has 5 nitrogen and oxygen atoms in total. The molecule has 0 unspecified atom stereocenters. The fourth-order valence-corrected chi connectivity index (χ4v) is 4.16. The summed E-state index contributed by atoms with van der Waals surface area (Å²) >= 11 is 0. The van der Waals surface area contributed by atoms with Crippen LogP contribution in [0.2, 0.25) is 0 Å². The van der Waals surface area contributed by atoms with Crippen molar-refractivity contribution < 1.29 is 14.3 Å². The van der Waals surface area contributed by atoms with Gasteiger partial charge in [0, 0.05) is 5.92 Å². The lowest BCUT2D eigenvalue weighted by Gasteiger charge is -2.28. The highest BCUT2D eigenvalue weighted by Gasteiger charge is 2.35. The normalized spacial score (nSPS) is 16.0. The van der Waals surface area contributed by atoms with Gasteiger partial charge in [-0.2, -0.15) is 0 Å². The molecule has 1 heterocycles. The van der Waals surface area contributed by atoms with Gasteiger partial charge in [0.25, 0.3) is 0 Å². The van der Waals surface area contributed by atoms with Crippen LogP contribution < -0.4 is 10.6 Å². The minimum atomic E-state index is -0.849. The standard InChI is InChI=1S/C27H28N2O3.ClH/c30-26(23-17-10-18-28-23)29-25(27(31)32-19-20-11-4-1-5-12-20)24(21-13-6-2-7-14-21)22-15-8-3-9-16-22;/h1-9,11-16,23-25,28H,10,17-19H2,(H,29,30);1H/t23-,25-;/m0./s1. The average molecular weight is 465 g/mol. The van der Waals surface area contributed by atoms with Crippen LogP contribution in [-0.4, -0.2) is 30.5 Å². The second-order valence-corrected chi connectivity index (χ2v) is 8.03. The third kappa shape index (κ3) is 6.44. The predicted molar refractivity (Wildman–Crippen MR) is 131 cm³/mol. The lowest BCUT2D eigenvalue weighted by atomic mass is 9.84. The molecule has 0 spiro atoms. The van der Waals surface area contributed by atoms with Crippen molar-refractivity contribution in [2.24, 2.45) is 0 Å². The van der Waals surface area contributed by atoms with E-state index in [9.17, 15) is 9.59 Å². The number of halogens is 1. The predicted octanol–water partition coefficient (Wildman–Crippen LogP) is 4.22. The number of hydrogen-bond acceptors (Lipinski definition) is 4. The first-order valence-corrected chi connectivity index (χ1v) is 11.1. The largest absolute Gasteiger partial charge is 0.459 e. The van der Waals surface area contributed by atoms with Crippen LogP contribution >= 0.6 is 12.4 Å². The van der Waals surface area contributed by atoms with Crippen LogP contribution in [0.1, 0.15) is 35.4 Å². The van der Waals surface area contributed by atoms with Gasteiger partial charge in [-0.1, -0.05) is 91.0 Å². The van der Waals surface area contributed by atoms with Gasteiger partial charge in [0.05, 0.1) is 6.04 Å². The van der Waals surface area contributed by atoms with Gasteiger partial charge in [-0.15, -0.1) is 12.4 Å². The molecule has 1 fully saturated rings. The molecule has 3 aromatic carbocycles. The first-order valence-electron chi connectivity index (χ1n) is 11.1. The molecule has 2 N–H and O–H groups in total. The van der Waals surface area contributed by atoms with Crippen LogP contribution in [0.15, 0.2) is 91.0 Å². The Morgan fingerprint density at radius 3 is 1.94 bits per heavy atom. The van der Waals surface area contributed by atoms with Gasteiger partial charge in [-0.25, -0.2) is 4.79 Å². The monoisotopic (exact) mass is 464 g/mol. The topological polar surface area (TPSA) is 67.4 Å². The van der Waals surface area contributed by atoms with Gasteiger partial charge in [-0.05, 0) is 36.1 Å². The highest BCUT2D eigenvalue weighted by molar-refractivity contribution is 5.88. The molecule has 1 amide bonds. The number of benzene rings is 3. The van der Waals surface area contributed by atoms with Crippen molar-refractivity contribution in [2.75, 3.05) is 6.54 Å². The zero-order valence-corrected chi connectivity index (χ0v) is 19.2. The number of carbonyl (C=O) groups excluding carboxylic acids is 2. The molecule has 6 heteroatoms. The fourth-order valence-electron chi connectivity index (χ4n) is 4.16. The van der Waals surface area contributed by atoms with Crippen molar-refractivity contribution in [3.63, 3.8) is 0 Å². The second kappa shape index (κ2) is 12.2. The van der Waals surface area contributed by atoms with Crippen LogP contribution in [-0.2, 0) is 20.9 Å². The van der Waals surface area contributed by atoms with Gasteiger partial charge in [0.2, 0.25) is 5.91 Å². The van der Waals surface area contributed by atoms with Gasteiger partial charge in [-0.3, -0.25) is 4.79 Å². The minimum Gasteiger partial charge on any atom is -0.459 e. The average Bonchev–Trinajstić information content (AvgIpc) is 3.39. The summed E-state index contributed by atoms with van der Waals surface area (Å²) in [7, 11) is 0. The van der Waals surface area contributed by atoms with Gasteiger partial charge in [0.1, 0.15) is 12.6 Å². The zero-order valence-electron chi connectivity index (χ0n) is 18.4. The highest BCUT2D eigenvalue weighted by atomic mass is 35.5. The number of rotatable bonds is 8. The molecule has 0 saturated carbocycles. The quantitative estimate of drug-likeness (QED) is 0.490. The van der Waals surface area contributed by atoms with Crippen molar-refractivity contribution >= 4 is 24.3 Å². The molecular weight excluding hydrogens is 436 g/mol. The lowest BCUT2D eigenvalue weighted by molar-refractivity contribution is -0.149. The fraction of sp³-hybridized carbons (Fsp3) is 0.259. The maximum absolute atomic E-state index is 13.4. The van der Waals surface area contributed by atoms with Crippen LogP contribution in [0.4, 0.5) is 0 Å². The Morgan fingerprint density at radius 2 is 1.42 bits per heavy atom. The molecule has 3 aromatic rings.